The van der Waals surface area contributed by atoms with Gasteiger partial charge in [-0.1, -0.05) is 12.1 Å². The first kappa shape index (κ1) is 25.2. The molecule has 0 spiro atoms. The molecule has 2 aromatic carbocycles. The van der Waals surface area contributed by atoms with Crippen molar-refractivity contribution in [2.45, 2.75) is 58.6 Å². The van der Waals surface area contributed by atoms with Crippen LogP contribution in [0.1, 0.15) is 44.7 Å². The molecule has 0 aliphatic rings. The number of alkyl halides is 3. The van der Waals surface area contributed by atoms with Crippen LogP contribution in [0, 0.1) is 0 Å². The third-order valence-electron chi connectivity index (χ3n) is 5.19. The largest absolute Gasteiger partial charge is 0.478 e. The summed E-state index contributed by atoms with van der Waals surface area (Å²) in [7, 11) is 0. The molecule has 1 aromatic heterocycles. The van der Waals surface area contributed by atoms with Crippen LogP contribution in [0.5, 0.6) is 5.75 Å². The van der Waals surface area contributed by atoms with E-state index in [2.05, 4.69) is 15.1 Å². The Morgan fingerprint density at radius 3 is 2.18 bits per heavy atom. The number of aromatic nitrogens is 2. The van der Waals surface area contributed by atoms with Crippen LogP contribution in [0.4, 0.5) is 13.2 Å². The Morgan fingerprint density at radius 2 is 1.65 bits per heavy atom. The SMILES string of the molecule is CC(C)N(Cc1ccc(OC(C)(C)C(=O)O)cc1)Cc1nnc(-c2ccc(C(F)(F)F)cc2)o1. The predicted octanol–water partition coefficient (Wildman–Crippen LogP) is 5.41. The minimum atomic E-state index is -4.41. The molecule has 0 amide bonds. The fourth-order valence-corrected chi connectivity index (χ4v) is 3.07. The molecule has 34 heavy (non-hydrogen) atoms. The van der Waals surface area contributed by atoms with E-state index in [-0.39, 0.29) is 11.9 Å². The highest BCUT2D eigenvalue weighted by Gasteiger charge is 2.30. The van der Waals surface area contributed by atoms with Gasteiger partial charge in [0.2, 0.25) is 11.8 Å². The third kappa shape index (κ3) is 6.34. The molecule has 3 rings (SSSR count). The van der Waals surface area contributed by atoms with E-state index < -0.39 is 23.3 Å². The second kappa shape index (κ2) is 9.84. The summed E-state index contributed by atoms with van der Waals surface area (Å²) in [5, 5.41) is 17.2. The van der Waals surface area contributed by atoms with Gasteiger partial charge in [0.05, 0.1) is 12.1 Å². The molecule has 0 fully saturated rings. The van der Waals surface area contributed by atoms with E-state index in [9.17, 15) is 23.1 Å². The summed E-state index contributed by atoms with van der Waals surface area (Å²) in [6.45, 7) is 7.88. The lowest BCUT2D eigenvalue weighted by atomic mass is 10.1. The summed E-state index contributed by atoms with van der Waals surface area (Å²) in [6, 6.07) is 11.8. The van der Waals surface area contributed by atoms with Crippen molar-refractivity contribution < 1.29 is 32.2 Å². The number of hydrogen-bond acceptors (Lipinski definition) is 6. The van der Waals surface area contributed by atoms with Gasteiger partial charge in [0.25, 0.3) is 0 Å². The number of carboxylic acid groups (broad SMARTS) is 1. The van der Waals surface area contributed by atoms with Crippen molar-refractivity contribution >= 4 is 5.97 Å². The summed E-state index contributed by atoms with van der Waals surface area (Å²) >= 11 is 0. The van der Waals surface area contributed by atoms with Crippen molar-refractivity contribution in [3.05, 3.63) is 65.5 Å². The highest BCUT2D eigenvalue weighted by molar-refractivity contribution is 5.76. The van der Waals surface area contributed by atoms with Crippen LogP contribution in [0.3, 0.4) is 0 Å². The Morgan fingerprint density at radius 1 is 1.03 bits per heavy atom. The Kier molecular flexibility index (Phi) is 7.30. The molecule has 0 saturated heterocycles. The molecule has 1 heterocycles. The van der Waals surface area contributed by atoms with Crippen LogP contribution in [-0.4, -0.2) is 37.8 Å². The van der Waals surface area contributed by atoms with Gasteiger partial charge < -0.3 is 14.3 Å². The number of ether oxygens (including phenoxy) is 1. The fourth-order valence-electron chi connectivity index (χ4n) is 3.07. The van der Waals surface area contributed by atoms with Crippen LogP contribution >= 0.6 is 0 Å². The van der Waals surface area contributed by atoms with Gasteiger partial charge in [-0.25, -0.2) is 4.79 Å². The minimum Gasteiger partial charge on any atom is -0.478 e. The molecule has 7 nitrogen and oxygen atoms in total. The van der Waals surface area contributed by atoms with Crippen LogP contribution in [0.25, 0.3) is 11.5 Å². The number of rotatable bonds is 9. The smallest absolute Gasteiger partial charge is 0.416 e. The fraction of sp³-hybridized carbons (Fsp3) is 0.375. The number of aliphatic carboxylic acids is 1. The lowest BCUT2D eigenvalue weighted by molar-refractivity contribution is -0.152. The van der Waals surface area contributed by atoms with E-state index in [0.717, 1.165) is 17.7 Å². The van der Waals surface area contributed by atoms with E-state index in [1.165, 1.54) is 26.0 Å². The average molecular weight is 477 g/mol. The maximum Gasteiger partial charge on any atom is 0.416 e. The summed E-state index contributed by atoms with van der Waals surface area (Å²) < 4.78 is 49.5. The molecule has 0 aliphatic carbocycles. The quantitative estimate of drug-likeness (QED) is 0.441. The number of nitrogens with zero attached hydrogens (tertiary/aromatic N) is 3. The number of halogens is 3. The van der Waals surface area contributed by atoms with Gasteiger partial charge in [0, 0.05) is 18.2 Å². The highest BCUT2D eigenvalue weighted by atomic mass is 19.4. The standard InChI is InChI=1S/C24H26F3N3O4/c1-15(2)30(13-16-5-11-19(12-6-16)34-23(3,4)22(31)32)14-20-28-29-21(33-20)17-7-9-18(10-8-17)24(25,26)27/h5-12,15H,13-14H2,1-4H3,(H,31,32). The van der Waals surface area contributed by atoms with Crippen molar-refractivity contribution in [2.75, 3.05) is 0 Å². The Labute approximate surface area is 195 Å². The second-order valence-electron chi connectivity index (χ2n) is 8.64. The summed E-state index contributed by atoms with van der Waals surface area (Å²) in [5.74, 6) is -0.121. The van der Waals surface area contributed by atoms with E-state index in [1.54, 1.807) is 12.1 Å². The first-order chi connectivity index (χ1) is 15.8. The molecule has 0 saturated carbocycles. The van der Waals surface area contributed by atoms with E-state index in [1.807, 2.05) is 26.0 Å². The maximum absolute atomic E-state index is 12.8. The molecule has 10 heteroatoms. The summed E-state index contributed by atoms with van der Waals surface area (Å²) in [4.78, 5) is 13.3. The molecular weight excluding hydrogens is 451 g/mol. The lowest BCUT2D eigenvalue weighted by Gasteiger charge is -2.25. The van der Waals surface area contributed by atoms with Gasteiger partial charge in [-0.15, -0.1) is 10.2 Å². The monoisotopic (exact) mass is 477 g/mol. The van der Waals surface area contributed by atoms with Crippen LogP contribution in [0.15, 0.2) is 52.9 Å². The Hall–Kier alpha value is -3.40. The number of benzene rings is 2. The molecule has 0 unspecified atom stereocenters. The zero-order chi connectivity index (χ0) is 25.1. The van der Waals surface area contributed by atoms with Crippen molar-refractivity contribution in [1.29, 1.82) is 0 Å². The number of carbonyl (C=O) groups is 1. The molecule has 3 aromatic rings. The molecular formula is C24H26F3N3O4. The lowest BCUT2D eigenvalue weighted by Crippen LogP contribution is -2.37. The molecule has 0 atom stereocenters. The van der Waals surface area contributed by atoms with E-state index >= 15 is 0 Å². The van der Waals surface area contributed by atoms with Crippen molar-refractivity contribution in [2.24, 2.45) is 0 Å². The average Bonchev–Trinajstić information content (AvgIpc) is 3.22. The summed E-state index contributed by atoms with van der Waals surface area (Å²) in [6.07, 6.45) is -4.41. The maximum atomic E-state index is 12.8. The second-order valence-corrected chi connectivity index (χ2v) is 8.64. The molecule has 0 radical (unpaired) electrons. The van der Waals surface area contributed by atoms with E-state index in [4.69, 9.17) is 9.15 Å². The topological polar surface area (TPSA) is 88.7 Å². The van der Waals surface area contributed by atoms with Crippen molar-refractivity contribution in [3.63, 3.8) is 0 Å². The van der Waals surface area contributed by atoms with Crippen LogP contribution < -0.4 is 4.74 Å². The molecule has 0 bridgehead atoms. The first-order valence-electron chi connectivity index (χ1n) is 10.6. The van der Waals surface area contributed by atoms with Gasteiger partial charge in [-0.3, -0.25) is 4.90 Å². The molecule has 182 valence electrons. The highest BCUT2D eigenvalue weighted by Crippen LogP contribution is 2.31. The normalized spacial score (nSPS) is 12.4. The Balaban J connectivity index is 1.67. The minimum absolute atomic E-state index is 0.128. The zero-order valence-electron chi connectivity index (χ0n) is 19.3. The van der Waals surface area contributed by atoms with Crippen LogP contribution in [-0.2, 0) is 24.1 Å². The third-order valence-corrected chi connectivity index (χ3v) is 5.19. The van der Waals surface area contributed by atoms with Gasteiger partial charge in [-0.05, 0) is 69.7 Å². The van der Waals surface area contributed by atoms with Gasteiger partial charge in [-0.2, -0.15) is 13.2 Å². The van der Waals surface area contributed by atoms with Gasteiger partial charge in [0.15, 0.2) is 5.60 Å². The number of hydrogen-bond donors (Lipinski definition) is 1. The first-order valence-corrected chi connectivity index (χ1v) is 10.6. The predicted molar refractivity (Wildman–Crippen MR) is 118 cm³/mol. The van der Waals surface area contributed by atoms with Gasteiger partial charge >= 0.3 is 12.1 Å². The van der Waals surface area contributed by atoms with Gasteiger partial charge in [0.1, 0.15) is 5.75 Å². The summed E-state index contributed by atoms with van der Waals surface area (Å²) in [5.41, 5.74) is -0.710. The van der Waals surface area contributed by atoms with Crippen LogP contribution in [0.2, 0.25) is 0 Å². The zero-order valence-corrected chi connectivity index (χ0v) is 19.3. The van der Waals surface area contributed by atoms with E-state index in [0.29, 0.717) is 30.3 Å². The number of carboxylic acids is 1. The van der Waals surface area contributed by atoms with Crippen molar-refractivity contribution in [1.82, 2.24) is 15.1 Å². The molecule has 0 aliphatic heterocycles. The molecule has 1 N–H and O–H groups in total. The van der Waals surface area contributed by atoms with Crippen molar-refractivity contribution in [3.8, 4) is 17.2 Å². The Bertz CT molecular complexity index is 1110.